The number of aliphatic carboxylic acids is 1. The van der Waals surface area contributed by atoms with Gasteiger partial charge in [-0.25, -0.2) is 8.42 Å². The zero-order valence-electron chi connectivity index (χ0n) is 10.9. The van der Waals surface area contributed by atoms with Crippen LogP contribution in [0.4, 0.5) is 0 Å². The Bertz CT molecular complexity index is 596. The van der Waals surface area contributed by atoms with Crippen LogP contribution in [0.5, 0.6) is 0 Å². The van der Waals surface area contributed by atoms with Crippen molar-refractivity contribution in [1.29, 1.82) is 0 Å². The quantitative estimate of drug-likeness (QED) is 0.901. The summed E-state index contributed by atoms with van der Waals surface area (Å²) >= 11 is 0. The third-order valence-corrected chi connectivity index (χ3v) is 5.44. The van der Waals surface area contributed by atoms with Crippen molar-refractivity contribution < 1.29 is 18.3 Å². The lowest BCUT2D eigenvalue weighted by Gasteiger charge is -2.29. The second-order valence-corrected chi connectivity index (χ2v) is 6.77. The fourth-order valence-electron chi connectivity index (χ4n) is 2.62. The van der Waals surface area contributed by atoms with Crippen molar-refractivity contribution in [3.63, 3.8) is 0 Å². The molecular formula is C13H17NO4S. The average Bonchev–Trinajstić information content (AvgIpc) is 2.63. The minimum Gasteiger partial charge on any atom is -0.480 e. The molecule has 0 radical (unpaired) electrons. The highest BCUT2D eigenvalue weighted by molar-refractivity contribution is 7.91. The Balaban J connectivity index is 2.41. The van der Waals surface area contributed by atoms with E-state index in [9.17, 15) is 18.3 Å². The van der Waals surface area contributed by atoms with Crippen molar-refractivity contribution >= 4 is 15.8 Å². The Kier molecular flexibility index (Phi) is 3.64. The topological polar surface area (TPSA) is 74.7 Å². The highest BCUT2D eigenvalue weighted by Gasteiger charge is 2.39. The van der Waals surface area contributed by atoms with Crippen LogP contribution >= 0.6 is 0 Å². The van der Waals surface area contributed by atoms with E-state index < -0.39 is 21.8 Å². The number of likely N-dealkylation sites (N-methyl/N-ethyl adjacent to an activating group) is 1. The van der Waals surface area contributed by atoms with E-state index in [1.165, 1.54) is 0 Å². The molecule has 2 rings (SSSR count). The fraction of sp³-hybridized carbons (Fsp3) is 0.462. The SMILES string of the molecule is CCC(C(=O)O)N(C)C1CS(=O)(=O)c2ccccc21. The molecule has 0 fully saturated rings. The van der Waals surface area contributed by atoms with Gasteiger partial charge >= 0.3 is 5.97 Å². The number of sulfone groups is 1. The summed E-state index contributed by atoms with van der Waals surface area (Å²) in [7, 11) is -1.63. The van der Waals surface area contributed by atoms with Crippen molar-refractivity contribution in [3.05, 3.63) is 29.8 Å². The first kappa shape index (κ1) is 14.0. The summed E-state index contributed by atoms with van der Waals surface area (Å²) in [6.07, 6.45) is 0.435. The number of fused-ring (bicyclic) bond motifs is 1. The van der Waals surface area contributed by atoms with Crippen molar-refractivity contribution in [1.82, 2.24) is 4.90 Å². The first-order valence-corrected chi connectivity index (χ1v) is 7.80. The molecule has 19 heavy (non-hydrogen) atoms. The molecule has 104 valence electrons. The molecule has 5 nitrogen and oxygen atoms in total. The summed E-state index contributed by atoms with van der Waals surface area (Å²) in [5.74, 6) is -0.973. The number of rotatable bonds is 4. The summed E-state index contributed by atoms with van der Waals surface area (Å²) in [5, 5.41) is 9.19. The van der Waals surface area contributed by atoms with E-state index in [4.69, 9.17) is 0 Å². The van der Waals surface area contributed by atoms with Crippen LogP contribution < -0.4 is 0 Å². The lowest BCUT2D eigenvalue weighted by atomic mass is 10.0. The maximum atomic E-state index is 12.1. The molecule has 6 heteroatoms. The van der Waals surface area contributed by atoms with Gasteiger partial charge in [0.25, 0.3) is 0 Å². The summed E-state index contributed by atoms with van der Waals surface area (Å²) < 4.78 is 24.1. The maximum Gasteiger partial charge on any atom is 0.320 e. The van der Waals surface area contributed by atoms with Gasteiger partial charge in [-0.2, -0.15) is 0 Å². The molecule has 1 aliphatic heterocycles. The molecule has 0 aliphatic carbocycles. The Morgan fingerprint density at radius 3 is 2.68 bits per heavy atom. The van der Waals surface area contributed by atoms with Crippen LogP contribution in [-0.2, 0) is 14.6 Å². The molecule has 2 unspecified atom stereocenters. The average molecular weight is 283 g/mol. The van der Waals surface area contributed by atoms with E-state index in [-0.39, 0.29) is 11.8 Å². The van der Waals surface area contributed by atoms with Crippen LogP contribution in [0.2, 0.25) is 0 Å². The maximum absolute atomic E-state index is 12.1. The Labute approximate surface area is 112 Å². The molecule has 1 heterocycles. The normalized spacial score (nSPS) is 22.2. The van der Waals surface area contributed by atoms with Gasteiger partial charge < -0.3 is 5.11 Å². The first-order chi connectivity index (χ1) is 8.88. The number of hydrogen-bond donors (Lipinski definition) is 1. The number of hydrogen-bond acceptors (Lipinski definition) is 4. The monoisotopic (exact) mass is 283 g/mol. The minimum atomic E-state index is -3.30. The van der Waals surface area contributed by atoms with Gasteiger partial charge in [0, 0.05) is 0 Å². The standard InChI is InChI=1S/C13H17NO4S/c1-3-10(13(15)16)14(2)11-8-19(17,18)12-7-5-4-6-9(11)12/h4-7,10-11H,3,8H2,1-2H3,(H,15,16). The molecule has 1 aliphatic rings. The van der Waals surface area contributed by atoms with Gasteiger partial charge in [0.15, 0.2) is 9.84 Å². The minimum absolute atomic E-state index is 0.0490. The van der Waals surface area contributed by atoms with Gasteiger partial charge in [-0.15, -0.1) is 0 Å². The first-order valence-electron chi connectivity index (χ1n) is 6.15. The third-order valence-electron chi connectivity index (χ3n) is 3.65. The van der Waals surface area contributed by atoms with Gasteiger partial charge in [0.1, 0.15) is 6.04 Å². The zero-order valence-corrected chi connectivity index (χ0v) is 11.7. The molecule has 0 bridgehead atoms. The second kappa shape index (κ2) is 4.94. The molecule has 2 atom stereocenters. The molecule has 0 aromatic heterocycles. The number of benzene rings is 1. The van der Waals surface area contributed by atoms with Gasteiger partial charge in [-0.1, -0.05) is 25.1 Å². The van der Waals surface area contributed by atoms with E-state index >= 15 is 0 Å². The van der Waals surface area contributed by atoms with Crippen LogP contribution in [0, 0.1) is 0 Å². The Hall–Kier alpha value is -1.40. The van der Waals surface area contributed by atoms with Gasteiger partial charge in [0.05, 0.1) is 16.7 Å². The number of carboxylic acid groups (broad SMARTS) is 1. The van der Waals surface area contributed by atoms with Crippen LogP contribution in [0.3, 0.4) is 0 Å². The van der Waals surface area contributed by atoms with Crippen LogP contribution in [0.15, 0.2) is 29.2 Å². The Morgan fingerprint density at radius 2 is 2.11 bits per heavy atom. The van der Waals surface area contributed by atoms with Crippen molar-refractivity contribution in [2.24, 2.45) is 0 Å². The summed E-state index contributed by atoms with van der Waals surface area (Å²) in [5.41, 5.74) is 0.699. The predicted octanol–water partition coefficient (Wildman–Crippen LogP) is 1.31. The van der Waals surface area contributed by atoms with E-state index in [1.807, 2.05) is 0 Å². The van der Waals surface area contributed by atoms with Crippen molar-refractivity contribution in [2.75, 3.05) is 12.8 Å². The van der Waals surface area contributed by atoms with E-state index in [0.717, 1.165) is 0 Å². The fourth-order valence-corrected chi connectivity index (χ4v) is 4.48. The smallest absolute Gasteiger partial charge is 0.320 e. The molecule has 1 N–H and O–H groups in total. The van der Waals surface area contributed by atoms with Crippen LogP contribution in [0.1, 0.15) is 24.9 Å². The zero-order chi connectivity index (χ0) is 14.2. The lowest BCUT2D eigenvalue weighted by molar-refractivity contribution is -0.143. The molecule has 0 saturated heterocycles. The third kappa shape index (κ3) is 2.37. The molecule has 1 aromatic rings. The molecule has 0 spiro atoms. The number of carbonyl (C=O) groups is 1. The van der Waals surface area contributed by atoms with E-state index in [2.05, 4.69) is 0 Å². The van der Waals surface area contributed by atoms with Crippen molar-refractivity contribution in [3.8, 4) is 0 Å². The summed E-state index contributed by atoms with van der Waals surface area (Å²) in [6.45, 7) is 1.78. The molecule has 0 saturated carbocycles. The van der Waals surface area contributed by atoms with Crippen molar-refractivity contribution in [2.45, 2.75) is 30.3 Å². The largest absolute Gasteiger partial charge is 0.480 e. The number of carboxylic acids is 1. The van der Waals surface area contributed by atoms with Gasteiger partial charge in [-0.05, 0) is 25.1 Å². The highest BCUT2D eigenvalue weighted by atomic mass is 32.2. The van der Waals surface area contributed by atoms with E-state index in [1.54, 1.807) is 43.1 Å². The summed E-state index contributed by atoms with van der Waals surface area (Å²) in [4.78, 5) is 13.2. The molecule has 1 aromatic carbocycles. The highest BCUT2D eigenvalue weighted by Crippen LogP contribution is 2.37. The molecular weight excluding hydrogens is 266 g/mol. The second-order valence-electron chi connectivity index (χ2n) is 4.76. The van der Waals surface area contributed by atoms with E-state index in [0.29, 0.717) is 16.9 Å². The number of nitrogens with zero attached hydrogens (tertiary/aromatic N) is 1. The lowest BCUT2D eigenvalue weighted by Crippen LogP contribution is -2.41. The van der Waals surface area contributed by atoms with Gasteiger partial charge in [0.2, 0.25) is 0 Å². The van der Waals surface area contributed by atoms with Crippen LogP contribution in [0.25, 0.3) is 0 Å². The summed E-state index contributed by atoms with van der Waals surface area (Å²) in [6, 6.07) is 5.75. The van der Waals surface area contributed by atoms with Gasteiger partial charge in [-0.3, -0.25) is 9.69 Å². The van der Waals surface area contributed by atoms with Crippen LogP contribution in [-0.4, -0.2) is 43.2 Å². The molecule has 0 amide bonds. The Morgan fingerprint density at radius 1 is 1.47 bits per heavy atom. The predicted molar refractivity (Wildman–Crippen MR) is 70.7 cm³/mol.